The molecule has 7 heteroatoms. The monoisotopic (exact) mass is 397 g/mol. The number of amides is 4. The minimum absolute atomic E-state index is 0.160. The van der Waals surface area contributed by atoms with Gasteiger partial charge in [0.25, 0.3) is 11.8 Å². The number of nitrogens with zero attached hydrogens (tertiary/aromatic N) is 2. The predicted octanol–water partition coefficient (Wildman–Crippen LogP) is 2.99. The highest BCUT2D eigenvalue weighted by molar-refractivity contribution is 6.31. The van der Waals surface area contributed by atoms with E-state index in [1.165, 1.54) is 4.90 Å². The summed E-state index contributed by atoms with van der Waals surface area (Å²) in [5.41, 5.74) is 1.42. The Morgan fingerprint density at radius 2 is 1.93 bits per heavy atom. The van der Waals surface area contributed by atoms with Crippen molar-refractivity contribution in [2.75, 3.05) is 13.1 Å². The topological polar surface area (TPSA) is 69.7 Å². The molecule has 0 aromatic heterocycles. The summed E-state index contributed by atoms with van der Waals surface area (Å²) >= 11 is 5.98. The van der Waals surface area contributed by atoms with Crippen LogP contribution in [0.3, 0.4) is 0 Å². The minimum Gasteiger partial charge on any atom is -0.336 e. The fraction of sp³-hybridized carbons (Fsp3) is 0.286. The van der Waals surface area contributed by atoms with Crippen LogP contribution >= 0.6 is 11.6 Å². The maximum atomic E-state index is 13.1. The fourth-order valence-electron chi connectivity index (χ4n) is 3.76. The van der Waals surface area contributed by atoms with Gasteiger partial charge in [0, 0.05) is 17.1 Å². The van der Waals surface area contributed by atoms with Gasteiger partial charge >= 0.3 is 6.03 Å². The third kappa shape index (κ3) is 3.24. The molecule has 2 fully saturated rings. The van der Waals surface area contributed by atoms with Gasteiger partial charge in [0.2, 0.25) is 0 Å². The number of benzene rings is 2. The van der Waals surface area contributed by atoms with Gasteiger partial charge in [-0.3, -0.25) is 14.5 Å². The lowest BCUT2D eigenvalue weighted by Gasteiger charge is -2.22. The molecule has 1 spiro atoms. The van der Waals surface area contributed by atoms with Crippen LogP contribution < -0.4 is 5.32 Å². The van der Waals surface area contributed by atoms with Gasteiger partial charge in [0.1, 0.15) is 5.54 Å². The Hall–Kier alpha value is -2.86. The molecule has 2 heterocycles. The Balaban J connectivity index is 1.50. The number of aryl methyl sites for hydroxylation is 1. The Labute approximate surface area is 168 Å². The summed E-state index contributed by atoms with van der Waals surface area (Å²) in [6.45, 7) is 2.76. The number of carbonyl (C=O) groups excluding carboxylic acids is 3. The van der Waals surface area contributed by atoms with Gasteiger partial charge in [-0.05, 0) is 37.1 Å². The van der Waals surface area contributed by atoms with E-state index < -0.39 is 11.6 Å². The van der Waals surface area contributed by atoms with Crippen LogP contribution in [0.1, 0.15) is 27.9 Å². The van der Waals surface area contributed by atoms with E-state index in [1.807, 2.05) is 31.2 Å². The van der Waals surface area contributed by atoms with E-state index >= 15 is 0 Å². The standard InChI is InChI=1S/C21H20ClN3O3/c1-14-5-7-15(8-6-14)12-25-19(27)21(23-20(25)28)9-10-24(13-21)18(26)16-3-2-4-17(22)11-16/h2-8,11H,9-10,12-13H2,1H3,(H,23,28). The number of carbonyl (C=O) groups is 3. The first-order valence-corrected chi connectivity index (χ1v) is 9.50. The van der Waals surface area contributed by atoms with Crippen LogP contribution in [0.25, 0.3) is 0 Å². The zero-order chi connectivity index (χ0) is 19.9. The third-order valence-corrected chi connectivity index (χ3v) is 5.57. The van der Waals surface area contributed by atoms with Gasteiger partial charge in [-0.2, -0.15) is 0 Å². The summed E-state index contributed by atoms with van der Waals surface area (Å²) in [5.74, 6) is -0.474. The highest BCUT2D eigenvalue weighted by Gasteiger charge is 2.55. The van der Waals surface area contributed by atoms with Crippen LogP contribution in [0.15, 0.2) is 48.5 Å². The largest absolute Gasteiger partial charge is 0.336 e. The van der Waals surface area contributed by atoms with Crippen molar-refractivity contribution in [3.8, 4) is 0 Å². The van der Waals surface area contributed by atoms with Gasteiger partial charge in [0.05, 0.1) is 13.1 Å². The van der Waals surface area contributed by atoms with E-state index in [0.717, 1.165) is 11.1 Å². The molecule has 144 valence electrons. The number of hydrogen-bond acceptors (Lipinski definition) is 3. The lowest BCUT2D eigenvalue weighted by Crippen LogP contribution is -2.49. The molecule has 0 saturated carbocycles. The lowest BCUT2D eigenvalue weighted by molar-refractivity contribution is -0.131. The summed E-state index contributed by atoms with van der Waals surface area (Å²) in [7, 11) is 0. The molecule has 2 saturated heterocycles. The Kier molecular flexibility index (Phi) is 4.59. The maximum absolute atomic E-state index is 13.1. The number of rotatable bonds is 3. The molecule has 4 amide bonds. The summed E-state index contributed by atoms with van der Waals surface area (Å²) < 4.78 is 0. The first kappa shape index (κ1) is 18.5. The van der Waals surface area contributed by atoms with Crippen molar-refractivity contribution in [1.82, 2.24) is 15.1 Å². The van der Waals surface area contributed by atoms with Gasteiger partial charge in [0.15, 0.2) is 0 Å². The number of nitrogens with one attached hydrogen (secondary N) is 1. The predicted molar refractivity (Wildman–Crippen MR) is 105 cm³/mol. The normalized spacial score (nSPS) is 21.5. The summed E-state index contributed by atoms with van der Waals surface area (Å²) in [6, 6.07) is 14.0. The number of hydrogen-bond donors (Lipinski definition) is 1. The summed E-state index contributed by atoms with van der Waals surface area (Å²) in [5, 5.41) is 3.31. The highest BCUT2D eigenvalue weighted by Crippen LogP contribution is 2.30. The zero-order valence-electron chi connectivity index (χ0n) is 15.4. The lowest BCUT2D eigenvalue weighted by atomic mass is 9.99. The Morgan fingerprint density at radius 3 is 2.64 bits per heavy atom. The Bertz CT molecular complexity index is 960. The average Bonchev–Trinajstić information content (AvgIpc) is 3.20. The summed E-state index contributed by atoms with van der Waals surface area (Å²) in [6.07, 6.45) is 0.397. The quantitative estimate of drug-likeness (QED) is 0.809. The van der Waals surface area contributed by atoms with Crippen LogP contribution in [0.4, 0.5) is 4.79 Å². The molecule has 6 nitrogen and oxygen atoms in total. The van der Waals surface area contributed by atoms with Crippen LogP contribution in [-0.2, 0) is 11.3 Å². The second-order valence-electron chi connectivity index (χ2n) is 7.38. The van der Waals surface area contributed by atoms with Crippen LogP contribution in [0.2, 0.25) is 5.02 Å². The molecule has 1 atom stereocenters. The Morgan fingerprint density at radius 1 is 1.18 bits per heavy atom. The van der Waals surface area contributed by atoms with Gasteiger partial charge < -0.3 is 10.2 Å². The van der Waals surface area contributed by atoms with Crippen molar-refractivity contribution in [2.24, 2.45) is 0 Å². The van der Waals surface area contributed by atoms with Crippen molar-refractivity contribution >= 4 is 29.4 Å². The van der Waals surface area contributed by atoms with Crippen LogP contribution in [0.5, 0.6) is 0 Å². The van der Waals surface area contributed by atoms with Gasteiger partial charge in [-0.15, -0.1) is 0 Å². The van der Waals surface area contributed by atoms with Crippen LogP contribution in [0, 0.1) is 6.92 Å². The van der Waals surface area contributed by atoms with E-state index in [-0.39, 0.29) is 24.9 Å². The van der Waals surface area contributed by atoms with Crippen molar-refractivity contribution < 1.29 is 14.4 Å². The van der Waals surface area contributed by atoms with Gasteiger partial charge in [-0.25, -0.2) is 4.79 Å². The molecule has 1 N–H and O–H groups in total. The first-order chi connectivity index (χ1) is 13.4. The molecule has 28 heavy (non-hydrogen) atoms. The number of urea groups is 1. The van der Waals surface area contributed by atoms with E-state index in [0.29, 0.717) is 23.6 Å². The summed E-state index contributed by atoms with van der Waals surface area (Å²) in [4.78, 5) is 41.1. The number of imide groups is 1. The molecule has 0 aliphatic carbocycles. The third-order valence-electron chi connectivity index (χ3n) is 5.34. The number of halogens is 1. The van der Waals surface area contributed by atoms with Crippen molar-refractivity contribution in [3.63, 3.8) is 0 Å². The molecule has 0 radical (unpaired) electrons. The van der Waals surface area contributed by atoms with E-state index in [1.54, 1.807) is 29.2 Å². The molecular formula is C21H20ClN3O3. The van der Waals surface area contributed by atoms with E-state index in [9.17, 15) is 14.4 Å². The second-order valence-corrected chi connectivity index (χ2v) is 7.81. The highest BCUT2D eigenvalue weighted by atomic mass is 35.5. The molecule has 2 aliphatic heterocycles. The average molecular weight is 398 g/mol. The minimum atomic E-state index is -1.05. The molecule has 2 aromatic carbocycles. The molecule has 4 rings (SSSR count). The maximum Gasteiger partial charge on any atom is 0.325 e. The van der Waals surface area contributed by atoms with Crippen molar-refractivity contribution in [3.05, 3.63) is 70.2 Å². The number of likely N-dealkylation sites (tertiary alicyclic amines) is 1. The first-order valence-electron chi connectivity index (χ1n) is 9.12. The van der Waals surface area contributed by atoms with Crippen molar-refractivity contribution in [1.29, 1.82) is 0 Å². The fourth-order valence-corrected chi connectivity index (χ4v) is 3.95. The van der Waals surface area contributed by atoms with Gasteiger partial charge in [-0.1, -0.05) is 47.5 Å². The molecule has 2 aliphatic rings. The van der Waals surface area contributed by atoms with E-state index in [2.05, 4.69) is 5.32 Å². The van der Waals surface area contributed by atoms with Crippen molar-refractivity contribution in [2.45, 2.75) is 25.4 Å². The van der Waals surface area contributed by atoms with E-state index in [4.69, 9.17) is 11.6 Å². The second kappa shape index (κ2) is 6.95. The smallest absolute Gasteiger partial charge is 0.325 e. The molecule has 0 bridgehead atoms. The van der Waals surface area contributed by atoms with Crippen LogP contribution in [-0.4, -0.2) is 46.3 Å². The zero-order valence-corrected chi connectivity index (χ0v) is 16.2. The SMILES string of the molecule is Cc1ccc(CN2C(=O)NC3(CCN(C(=O)c4cccc(Cl)c4)C3)C2=O)cc1. The molecule has 1 unspecified atom stereocenters. The molecule has 2 aromatic rings. The molecular weight excluding hydrogens is 378 g/mol.